The molecule has 1 spiro atoms. The van der Waals surface area contributed by atoms with Crippen LogP contribution in [0.15, 0.2) is 230 Å². The normalized spacial score (nSPS) is 17.6. The van der Waals surface area contributed by atoms with Gasteiger partial charge in [0.25, 0.3) is 0 Å². The third-order valence-corrected chi connectivity index (χ3v) is 16.2. The van der Waals surface area contributed by atoms with Crippen LogP contribution in [0.2, 0.25) is 0 Å². The number of benzene rings is 9. The van der Waals surface area contributed by atoms with Gasteiger partial charge in [0.15, 0.2) is 0 Å². The van der Waals surface area contributed by atoms with E-state index in [1.807, 2.05) is 0 Å². The Morgan fingerprint density at radius 1 is 0.408 bits per heavy atom. The van der Waals surface area contributed by atoms with Crippen LogP contribution in [0.4, 0.5) is 28.4 Å². The van der Waals surface area contributed by atoms with E-state index in [0.717, 1.165) is 29.2 Å². The van der Waals surface area contributed by atoms with Gasteiger partial charge in [-0.15, -0.1) is 0 Å². The third kappa shape index (κ3) is 6.47. The average Bonchev–Trinajstić information content (AvgIpc) is 3.95. The maximum Gasteiger partial charge on any atom is 0.0727 e. The molecule has 2 atom stereocenters. The molecule has 71 heavy (non-hydrogen) atoms. The summed E-state index contributed by atoms with van der Waals surface area (Å²) in [5, 5.41) is 0. The van der Waals surface area contributed by atoms with Crippen LogP contribution in [-0.4, -0.2) is 0 Å². The SMILES string of the molecule is CC1CC=CC(N(c2ccc3c(c2)C(C)(C)c2ccccc2-3)c2ccc3c(c2)C2(c4ccccc4-3)c3cc(N(c4ccccc4)c4ccccc4)ccc3-c3ccc(C(C)(C)C)cc32)=C1c1ccccc1. The minimum absolute atomic E-state index is 0.0570. The van der Waals surface area contributed by atoms with E-state index >= 15 is 0 Å². The summed E-state index contributed by atoms with van der Waals surface area (Å²) in [4.78, 5) is 5.01. The van der Waals surface area contributed by atoms with Gasteiger partial charge in [0.1, 0.15) is 0 Å². The Kier molecular flexibility index (Phi) is 9.75. The topological polar surface area (TPSA) is 6.48 Å². The molecule has 0 N–H and O–H groups in total. The van der Waals surface area contributed by atoms with Crippen LogP contribution >= 0.6 is 0 Å². The van der Waals surface area contributed by atoms with E-state index in [9.17, 15) is 0 Å². The second-order valence-electron chi connectivity index (χ2n) is 21.7. The Morgan fingerprint density at radius 2 is 0.845 bits per heavy atom. The molecule has 0 saturated carbocycles. The third-order valence-electron chi connectivity index (χ3n) is 16.2. The van der Waals surface area contributed by atoms with Crippen LogP contribution in [0, 0.1) is 5.92 Å². The van der Waals surface area contributed by atoms with E-state index in [4.69, 9.17) is 0 Å². The van der Waals surface area contributed by atoms with Crippen LogP contribution in [0.25, 0.3) is 39.0 Å². The van der Waals surface area contributed by atoms with E-state index < -0.39 is 5.41 Å². The number of allylic oxidation sites excluding steroid dienone is 3. The number of rotatable bonds is 7. The van der Waals surface area contributed by atoms with Gasteiger partial charge < -0.3 is 9.80 Å². The summed E-state index contributed by atoms with van der Waals surface area (Å²) < 4.78 is 0. The minimum atomic E-state index is -0.609. The molecule has 0 bridgehead atoms. The average molecular weight is 915 g/mol. The number of hydrogen-bond donors (Lipinski definition) is 0. The lowest BCUT2D eigenvalue weighted by Crippen LogP contribution is -2.28. The van der Waals surface area contributed by atoms with Crippen LogP contribution in [0.1, 0.15) is 92.5 Å². The molecule has 9 aromatic rings. The van der Waals surface area contributed by atoms with Gasteiger partial charge in [-0.05, 0) is 168 Å². The fourth-order valence-electron chi connectivity index (χ4n) is 12.9. The summed E-state index contributed by atoms with van der Waals surface area (Å²) in [6.45, 7) is 14.2. The van der Waals surface area contributed by atoms with Crippen molar-refractivity contribution in [2.45, 2.75) is 64.2 Å². The van der Waals surface area contributed by atoms with Gasteiger partial charge in [0.2, 0.25) is 0 Å². The molecule has 0 saturated heterocycles. The zero-order valence-corrected chi connectivity index (χ0v) is 41.5. The van der Waals surface area contributed by atoms with Crippen molar-refractivity contribution in [2.24, 2.45) is 5.92 Å². The fraction of sp³-hybridized carbons (Fsp3) is 0.159. The maximum absolute atomic E-state index is 2.59. The van der Waals surface area contributed by atoms with E-state index in [-0.39, 0.29) is 10.8 Å². The molecule has 0 aliphatic heterocycles. The molecule has 13 rings (SSSR count). The highest BCUT2D eigenvalue weighted by atomic mass is 15.2. The van der Waals surface area contributed by atoms with Gasteiger partial charge in [0.05, 0.1) is 5.41 Å². The predicted octanol–water partition coefficient (Wildman–Crippen LogP) is 18.2. The highest BCUT2D eigenvalue weighted by molar-refractivity contribution is 5.98. The first-order valence-electron chi connectivity index (χ1n) is 25.5. The van der Waals surface area contributed by atoms with Crippen molar-refractivity contribution < 1.29 is 0 Å². The van der Waals surface area contributed by atoms with Crippen molar-refractivity contribution in [1.82, 2.24) is 0 Å². The van der Waals surface area contributed by atoms with Crippen molar-refractivity contribution in [3.8, 4) is 33.4 Å². The first-order valence-corrected chi connectivity index (χ1v) is 25.5. The first-order chi connectivity index (χ1) is 34.5. The summed E-state index contributed by atoms with van der Waals surface area (Å²) >= 11 is 0. The van der Waals surface area contributed by atoms with E-state index in [0.29, 0.717) is 5.92 Å². The Hall–Kier alpha value is -7.94. The molecule has 0 aromatic heterocycles. The van der Waals surface area contributed by atoms with Gasteiger partial charge in [-0.1, -0.05) is 199 Å². The molecule has 344 valence electrons. The number of para-hydroxylation sites is 2. The number of anilines is 5. The highest BCUT2D eigenvalue weighted by Gasteiger charge is 2.52. The molecule has 2 unspecified atom stereocenters. The lowest BCUT2D eigenvalue weighted by Gasteiger charge is -2.36. The fourth-order valence-corrected chi connectivity index (χ4v) is 12.9. The first kappa shape index (κ1) is 43.1. The van der Waals surface area contributed by atoms with Crippen molar-refractivity contribution in [3.05, 3.63) is 275 Å². The molecular weight excluding hydrogens is 857 g/mol. The van der Waals surface area contributed by atoms with Crippen molar-refractivity contribution in [3.63, 3.8) is 0 Å². The van der Waals surface area contributed by atoms with Crippen molar-refractivity contribution in [2.75, 3.05) is 9.80 Å². The molecule has 0 fully saturated rings. The van der Waals surface area contributed by atoms with Crippen LogP contribution in [0.3, 0.4) is 0 Å². The van der Waals surface area contributed by atoms with Crippen LogP contribution in [-0.2, 0) is 16.2 Å². The van der Waals surface area contributed by atoms with Gasteiger partial charge in [-0.3, -0.25) is 0 Å². The van der Waals surface area contributed by atoms with Gasteiger partial charge in [-0.25, -0.2) is 0 Å². The quantitative estimate of drug-likeness (QED) is 0.157. The Balaban J connectivity index is 1.10. The molecule has 2 heteroatoms. The summed E-state index contributed by atoms with van der Waals surface area (Å²) in [6.07, 6.45) is 5.78. The number of nitrogens with zero attached hydrogens (tertiary/aromatic N) is 2. The maximum atomic E-state index is 2.59. The number of fused-ring (bicyclic) bond motifs is 13. The monoisotopic (exact) mass is 914 g/mol. The second-order valence-corrected chi connectivity index (χ2v) is 21.7. The molecular formula is C69H58N2. The van der Waals surface area contributed by atoms with Gasteiger partial charge in [-0.2, -0.15) is 0 Å². The summed E-state index contributed by atoms with van der Waals surface area (Å²) in [5.74, 6) is 0.319. The minimum Gasteiger partial charge on any atom is -0.310 e. The van der Waals surface area contributed by atoms with Crippen molar-refractivity contribution in [1.29, 1.82) is 0 Å². The largest absolute Gasteiger partial charge is 0.310 e. The smallest absolute Gasteiger partial charge is 0.0727 e. The molecule has 2 nitrogen and oxygen atoms in total. The molecule has 0 heterocycles. The highest BCUT2D eigenvalue weighted by Crippen LogP contribution is 2.65. The lowest BCUT2D eigenvalue weighted by atomic mass is 9.69. The molecule has 0 radical (unpaired) electrons. The van der Waals surface area contributed by atoms with Crippen LogP contribution in [0.5, 0.6) is 0 Å². The van der Waals surface area contributed by atoms with Crippen LogP contribution < -0.4 is 9.80 Å². The second kappa shape index (κ2) is 16.1. The molecule has 4 aliphatic rings. The molecule has 4 aliphatic carbocycles. The predicted molar refractivity (Wildman–Crippen MR) is 299 cm³/mol. The summed E-state index contributed by atoms with van der Waals surface area (Å²) in [7, 11) is 0. The Morgan fingerprint density at radius 3 is 1.42 bits per heavy atom. The number of hydrogen-bond acceptors (Lipinski definition) is 2. The molecule has 0 amide bonds. The van der Waals surface area contributed by atoms with E-state index in [1.54, 1.807) is 0 Å². The zero-order valence-electron chi connectivity index (χ0n) is 41.5. The van der Waals surface area contributed by atoms with Gasteiger partial charge >= 0.3 is 0 Å². The Bertz CT molecular complexity index is 3610. The van der Waals surface area contributed by atoms with E-state index in [1.165, 1.54) is 94.8 Å². The standard InChI is InChI=1S/C69H58N2/c1-45-21-20-32-65(66(45)46-22-10-7-11-23-46)71(51-35-38-55-53-28-16-18-30-59(53)68(5,6)61(55)42-51)52-36-40-57-54-29-17-19-31-60(54)69(64(57)44-52)62-41-47(67(2,3)4)33-37-56(62)58-39-34-50(43-63(58)69)70(48-24-12-8-13-25-48)49-26-14-9-15-27-49/h7-20,22-45H,21H2,1-6H3. The molecule has 9 aromatic carbocycles. The Labute approximate surface area is 419 Å². The zero-order chi connectivity index (χ0) is 48.2. The van der Waals surface area contributed by atoms with Gasteiger partial charge in [0, 0.05) is 39.5 Å². The van der Waals surface area contributed by atoms with Crippen molar-refractivity contribution >= 4 is 34.0 Å². The summed E-state index contributed by atoms with van der Waals surface area (Å²) in [5.41, 5.74) is 26.0. The van der Waals surface area contributed by atoms with E-state index in [2.05, 4.69) is 276 Å². The lowest BCUT2D eigenvalue weighted by molar-refractivity contribution is 0.588. The summed E-state index contributed by atoms with van der Waals surface area (Å²) in [6, 6.07) is 80.3.